The van der Waals surface area contributed by atoms with Gasteiger partial charge in [-0.2, -0.15) is 0 Å². The van der Waals surface area contributed by atoms with Crippen LogP contribution in [0.15, 0.2) is 12.1 Å². The van der Waals surface area contributed by atoms with Crippen LogP contribution in [0.2, 0.25) is 0 Å². The Balaban J connectivity index is 2.40. The van der Waals surface area contributed by atoms with E-state index in [1.165, 1.54) is 0 Å². The Hall–Kier alpha value is -1.26. The van der Waals surface area contributed by atoms with Gasteiger partial charge in [0.15, 0.2) is 11.5 Å². The van der Waals surface area contributed by atoms with Crippen molar-refractivity contribution in [3.05, 3.63) is 23.3 Å². The Labute approximate surface area is 94.8 Å². The molecule has 0 amide bonds. The number of rotatable bonds is 4. The molecule has 0 bridgehead atoms. The average Bonchev–Trinajstić information content (AvgIpc) is 2.74. The third-order valence-corrected chi connectivity index (χ3v) is 2.74. The summed E-state index contributed by atoms with van der Waals surface area (Å²) >= 11 is 0. The second kappa shape index (κ2) is 4.72. The Kier molecular flexibility index (Phi) is 3.31. The molecular formula is C12H16O4. The molecule has 0 radical (unpaired) electrons. The van der Waals surface area contributed by atoms with Gasteiger partial charge in [-0.3, -0.25) is 0 Å². The van der Waals surface area contributed by atoms with E-state index in [4.69, 9.17) is 14.2 Å². The van der Waals surface area contributed by atoms with Crippen LogP contribution < -0.4 is 9.47 Å². The van der Waals surface area contributed by atoms with E-state index in [0.29, 0.717) is 6.61 Å². The van der Waals surface area contributed by atoms with E-state index in [-0.39, 0.29) is 19.3 Å². The first-order valence-electron chi connectivity index (χ1n) is 5.28. The van der Waals surface area contributed by atoms with Crippen molar-refractivity contribution in [2.45, 2.75) is 19.4 Å². The minimum Gasteiger partial charge on any atom is -0.454 e. The zero-order valence-electron chi connectivity index (χ0n) is 9.53. The van der Waals surface area contributed by atoms with Gasteiger partial charge in [-0.25, -0.2) is 0 Å². The van der Waals surface area contributed by atoms with Crippen LogP contribution in [-0.2, 0) is 11.3 Å². The number of hydrogen-bond acceptors (Lipinski definition) is 4. The Morgan fingerprint density at radius 3 is 2.69 bits per heavy atom. The third kappa shape index (κ3) is 1.99. The van der Waals surface area contributed by atoms with Gasteiger partial charge in [0.2, 0.25) is 6.79 Å². The third-order valence-electron chi connectivity index (χ3n) is 2.74. The molecule has 4 heteroatoms. The molecular weight excluding hydrogens is 208 g/mol. The lowest BCUT2D eigenvalue weighted by atomic mass is 9.96. The van der Waals surface area contributed by atoms with Crippen molar-refractivity contribution >= 4 is 0 Å². The topological polar surface area (TPSA) is 47.9 Å². The molecule has 1 aromatic carbocycles. The fourth-order valence-electron chi connectivity index (χ4n) is 1.84. The highest BCUT2D eigenvalue weighted by Crippen LogP contribution is 2.37. The lowest BCUT2D eigenvalue weighted by Gasteiger charge is -2.14. The maximum absolute atomic E-state index is 9.22. The van der Waals surface area contributed by atoms with E-state index in [2.05, 4.69) is 0 Å². The zero-order valence-corrected chi connectivity index (χ0v) is 9.53. The van der Waals surface area contributed by atoms with Crippen molar-refractivity contribution in [1.29, 1.82) is 0 Å². The van der Waals surface area contributed by atoms with Gasteiger partial charge in [0.25, 0.3) is 0 Å². The summed E-state index contributed by atoms with van der Waals surface area (Å²) in [6.45, 7) is 2.85. The van der Waals surface area contributed by atoms with Gasteiger partial charge in [0, 0.05) is 19.6 Å². The average molecular weight is 224 g/mol. The highest BCUT2D eigenvalue weighted by Gasteiger charge is 2.19. The van der Waals surface area contributed by atoms with E-state index in [0.717, 1.165) is 22.6 Å². The summed E-state index contributed by atoms with van der Waals surface area (Å²) in [5.74, 6) is 1.57. The Morgan fingerprint density at radius 2 is 2.06 bits per heavy atom. The van der Waals surface area contributed by atoms with Gasteiger partial charge in [-0.1, -0.05) is 6.92 Å². The molecule has 88 valence electrons. The second-order valence-electron chi connectivity index (χ2n) is 3.92. The van der Waals surface area contributed by atoms with Crippen molar-refractivity contribution in [3.63, 3.8) is 0 Å². The first-order chi connectivity index (χ1) is 7.76. The smallest absolute Gasteiger partial charge is 0.231 e. The summed E-state index contributed by atoms with van der Waals surface area (Å²) < 4.78 is 15.8. The normalized spacial score (nSPS) is 15.2. The Bertz CT molecular complexity index is 376. The summed E-state index contributed by atoms with van der Waals surface area (Å²) in [6, 6.07) is 3.85. The summed E-state index contributed by atoms with van der Waals surface area (Å²) in [5, 5.41) is 9.22. The molecule has 1 aliphatic heterocycles. The number of methoxy groups -OCH3 is 1. The van der Waals surface area contributed by atoms with E-state index in [1.54, 1.807) is 7.11 Å². The molecule has 2 rings (SSSR count). The van der Waals surface area contributed by atoms with Gasteiger partial charge < -0.3 is 19.3 Å². The minimum atomic E-state index is 0.0691. The fourth-order valence-corrected chi connectivity index (χ4v) is 1.84. The molecule has 1 atom stereocenters. The molecule has 1 unspecified atom stereocenters. The van der Waals surface area contributed by atoms with E-state index < -0.39 is 0 Å². The molecule has 0 saturated heterocycles. The van der Waals surface area contributed by atoms with Crippen molar-refractivity contribution in [1.82, 2.24) is 0 Å². The zero-order chi connectivity index (χ0) is 11.5. The standard InChI is InChI=1S/C12H16O4/c1-8(5-13)10-4-12-11(15-7-16-12)3-9(10)6-14-2/h3-4,8,13H,5-7H2,1-2H3. The quantitative estimate of drug-likeness (QED) is 0.845. The highest BCUT2D eigenvalue weighted by molar-refractivity contribution is 5.49. The van der Waals surface area contributed by atoms with Crippen LogP contribution in [0.5, 0.6) is 11.5 Å². The maximum atomic E-state index is 9.22. The first-order valence-corrected chi connectivity index (χ1v) is 5.28. The molecule has 1 heterocycles. The van der Waals surface area contributed by atoms with Crippen LogP contribution >= 0.6 is 0 Å². The lowest BCUT2D eigenvalue weighted by molar-refractivity contribution is 0.173. The summed E-state index contributed by atoms with van der Waals surface area (Å²) in [6.07, 6.45) is 0. The van der Waals surface area contributed by atoms with Crippen LogP contribution in [-0.4, -0.2) is 25.6 Å². The molecule has 0 aromatic heterocycles. The number of hydrogen-bond donors (Lipinski definition) is 1. The van der Waals surface area contributed by atoms with Crippen LogP contribution in [0, 0.1) is 0 Å². The second-order valence-corrected chi connectivity index (χ2v) is 3.92. The maximum Gasteiger partial charge on any atom is 0.231 e. The Morgan fingerprint density at radius 1 is 1.38 bits per heavy atom. The molecule has 0 saturated carbocycles. The fraction of sp³-hybridized carbons (Fsp3) is 0.500. The van der Waals surface area contributed by atoms with Gasteiger partial charge in [0.1, 0.15) is 0 Å². The SMILES string of the molecule is COCc1cc2c(cc1C(C)CO)OCO2. The van der Waals surface area contributed by atoms with Gasteiger partial charge in [-0.05, 0) is 23.3 Å². The molecule has 1 aromatic rings. The summed E-state index contributed by atoms with van der Waals surface area (Å²) in [4.78, 5) is 0. The van der Waals surface area contributed by atoms with Crippen LogP contribution in [0.3, 0.4) is 0 Å². The highest BCUT2D eigenvalue weighted by atomic mass is 16.7. The first kappa shape index (κ1) is 11.2. The van der Waals surface area contributed by atoms with Crippen molar-refractivity contribution in [2.24, 2.45) is 0 Å². The van der Waals surface area contributed by atoms with Crippen LogP contribution in [0.25, 0.3) is 0 Å². The molecule has 0 aliphatic carbocycles. The van der Waals surface area contributed by atoms with Gasteiger partial charge in [-0.15, -0.1) is 0 Å². The van der Waals surface area contributed by atoms with Crippen LogP contribution in [0.1, 0.15) is 24.0 Å². The monoisotopic (exact) mass is 224 g/mol. The molecule has 1 aliphatic rings. The number of ether oxygens (including phenoxy) is 3. The van der Waals surface area contributed by atoms with Crippen molar-refractivity contribution in [2.75, 3.05) is 20.5 Å². The van der Waals surface area contributed by atoms with E-state index in [9.17, 15) is 5.11 Å². The van der Waals surface area contributed by atoms with E-state index >= 15 is 0 Å². The molecule has 0 spiro atoms. The van der Waals surface area contributed by atoms with Gasteiger partial charge in [0.05, 0.1) is 6.61 Å². The minimum absolute atomic E-state index is 0.0691. The molecule has 16 heavy (non-hydrogen) atoms. The molecule has 0 fully saturated rings. The number of aliphatic hydroxyl groups excluding tert-OH is 1. The predicted octanol–water partition coefficient (Wildman–Crippen LogP) is 1.66. The van der Waals surface area contributed by atoms with E-state index in [1.807, 2.05) is 19.1 Å². The number of fused-ring (bicyclic) bond motifs is 1. The van der Waals surface area contributed by atoms with Crippen molar-refractivity contribution < 1.29 is 19.3 Å². The van der Waals surface area contributed by atoms with Crippen LogP contribution in [0.4, 0.5) is 0 Å². The largest absolute Gasteiger partial charge is 0.454 e. The predicted molar refractivity (Wildman–Crippen MR) is 58.8 cm³/mol. The summed E-state index contributed by atoms with van der Waals surface area (Å²) in [7, 11) is 1.65. The van der Waals surface area contributed by atoms with Crippen molar-refractivity contribution in [3.8, 4) is 11.5 Å². The number of benzene rings is 1. The lowest BCUT2D eigenvalue weighted by Crippen LogP contribution is -2.04. The summed E-state index contributed by atoms with van der Waals surface area (Å²) in [5.41, 5.74) is 2.09. The molecule has 1 N–H and O–H groups in total. The van der Waals surface area contributed by atoms with Gasteiger partial charge >= 0.3 is 0 Å². The number of aliphatic hydroxyl groups is 1. The molecule has 4 nitrogen and oxygen atoms in total.